The number of ether oxygens (including phenoxy) is 1. The number of anilines is 1. The van der Waals surface area contributed by atoms with Crippen LogP contribution in [0.3, 0.4) is 0 Å². The molecule has 0 aliphatic carbocycles. The Labute approximate surface area is 186 Å². The number of urea groups is 1. The van der Waals surface area contributed by atoms with Gasteiger partial charge in [0.1, 0.15) is 0 Å². The summed E-state index contributed by atoms with van der Waals surface area (Å²) in [5.74, 6) is 0. The van der Waals surface area contributed by atoms with Crippen molar-refractivity contribution in [3.05, 3.63) is 65.2 Å². The molecule has 0 aromatic heterocycles. The van der Waals surface area contributed by atoms with E-state index in [4.69, 9.17) is 4.74 Å². The summed E-state index contributed by atoms with van der Waals surface area (Å²) < 4.78 is 5.42. The fourth-order valence-corrected chi connectivity index (χ4v) is 3.87. The van der Waals surface area contributed by atoms with E-state index >= 15 is 0 Å². The van der Waals surface area contributed by atoms with Gasteiger partial charge in [-0.15, -0.1) is 0 Å². The second-order valence-electron chi connectivity index (χ2n) is 8.38. The van der Waals surface area contributed by atoms with Crippen LogP contribution in [0.1, 0.15) is 29.7 Å². The van der Waals surface area contributed by atoms with Gasteiger partial charge in [0, 0.05) is 38.9 Å². The fourth-order valence-electron chi connectivity index (χ4n) is 3.87. The van der Waals surface area contributed by atoms with Crippen molar-refractivity contribution in [3.8, 4) is 0 Å². The lowest BCUT2D eigenvalue weighted by Gasteiger charge is -2.29. The van der Waals surface area contributed by atoms with Crippen LogP contribution in [0.5, 0.6) is 0 Å². The van der Waals surface area contributed by atoms with Crippen molar-refractivity contribution in [2.45, 2.75) is 25.9 Å². The quantitative estimate of drug-likeness (QED) is 0.704. The van der Waals surface area contributed by atoms with Gasteiger partial charge in [-0.1, -0.05) is 43.3 Å². The minimum absolute atomic E-state index is 0.0608. The first-order valence-electron chi connectivity index (χ1n) is 11.1. The number of hydrogen-bond acceptors (Lipinski definition) is 4. The molecule has 2 aromatic rings. The standard InChI is InChI=1S/C25H36N4O2/c1-5-20-6-10-22(11-7-20)24(27(2)3)18-26-25(30)28(4)19-21-8-12-23(13-9-21)29-14-16-31-17-15-29/h6-13,24H,5,14-19H2,1-4H3,(H,26,30). The van der Waals surface area contributed by atoms with Gasteiger partial charge in [-0.2, -0.15) is 0 Å². The Kier molecular flexibility index (Phi) is 8.32. The smallest absolute Gasteiger partial charge is 0.317 e. The molecular formula is C25H36N4O2. The summed E-state index contributed by atoms with van der Waals surface area (Å²) in [6.45, 7) is 6.71. The lowest BCUT2D eigenvalue weighted by Crippen LogP contribution is -2.41. The number of carbonyl (C=O) groups is 1. The Morgan fingerprint density at radius 3 is 2.19 bits per heavy atom. The van der Waals surface area contributed by atoms with Crippen LogP contribution in [0.15, 0.2) is 48.5 Å². The highest BCUT2D eigenvalue weighted by Gasteiger charge is 2.17. The molecule has 1 aliphatic rings. The van der Waals surface area contributed by atoms with Crippen LogP contribution in [0.2, 0.25) is 0 Å². The summed E-state index contributed by atoms with van der Waals surface area (Å²) in [6.07, 6.45) is 1.03. The Morgan fingerprint density at radius 2 is 1.61 bits per heavy atom. The largest absolute Gasteiger partial charge is 0.378 e. The zero-order chi connectivity index (χ0) is 22.2. The van der Waals surface area contributed by atoms with Crippen LogP contribution in [-0.2, 0) is 17.7 Å². The van der Waals surface area contributed by atoms with Crippen molar-refractivity contribution in [1.82, 2.24) is 15.1 Å². The first-order chi connectivity index (χ1) is 15.0. The van der Waals surface area contributed by atoms with Crippen molar-refractivity contribution in [3.63, 3.8) is 0 Å². The number of benzene rings is 2. The van der Waals surface area contributed by atoms with Gasteiger partial charge in [-0.3, -0.25) is 0 Å². The van der Waals surface area contributed by atoms with Crippen LogP contribution < -0.4 is 10.2 Å². The third-order valence-corrected chi connectivity index (χ3v) is 5.92. The van der Waals surface area contributed by atoms with Gasteiger partial charge in [0.25, 0.3) is 0 Å². The lowest BCUT2D eigenvalue weighted by atomic mass is 10.0. The highest BCUT2D eigenvalue weighted by Crippen LogP contribution is 2.19. The number of rotatable bonds is 8. The van der Waals surface area contributed by atoms with Crippen LogP contribution in [-0.4, -0.2) is 69.8 Å². The highest BCUT2D eigenvalue weighted by atomic mass is 16.5. The zero-order valence-electron chi connectivity index (χ0n) is 19.3. The number of nitrogens with zero attached hydrogens (tertiary/aromatic N) is 3. The maximum Gasteiger partial charge on any atom is 0.317 e. The monoisotopic (exact) mass is 424 g/mol. The molecule has 0 bridgehead atoms. The molecule has 0 spiro atoms. The third kappa shape index (κ3) is 6.45. The summed E-state index contributed by atoms with van der Waals surface area (Å²) in [5, 5.41) is 3.10. The molecule has 1 atom stereocenters. The number of morpholine rings is 1. The average molecular weight is 425 g/mol. The molecule has 1 unspecified atom stereocenters. The van der Waals surface area contributed by atoms with Crippen LogP contribution in [0.4, 0.5) is 10.5 Å². The van der Waals surface area contributed by atoms with E-state index in [-0.39, 0.29) is 12.1 Å². The molecule has 6 nitrogen and oxygen atoms in total. The molecule has 0 saturated carbocycles. The Balaban J connectivity index is 1.52. The molecular weight excluding hydrogens is 388 g/mol. The second-order valence-corrected chi connectivity index (χ2v) is 8.38. The van der Waals surface area contributed by atoms with E-state index in [1.807, 2.05) is 21.1 Å². The van der Waals surface area contributed by atoms with Gasteiger partial charge < -0.3 is 24.8 Å². The van der Waals surface area contributed by atoms with Gasteiger partial charge >= 0.3 is 6.03 Å². The van der Waals surface area contributed by atoms with Crippen molar-refractivity contribution < 1.29 is 9.53 Å². The van der Waals surface area contributed by atoms with Gasteiger partial charge in [-0.25, -0.2) is 4.79 Å². The molecule has 1 saturated heterocycles. The molecule has 31 heavy (non-hydrogen) atoms. The maximum atomic E-state index is 12.7. The molecule has 1 fully saturated rings. The predicted molar refractivity (Wildman–Crippen MR) is 127 cm³/mol. The molecule has 1 N–H and O–H groups in total. The number of likely N-dealkylation sites (N-methyl/N-ethyl adjacent to an activating group) is 1. The number of aryl methyl sites for hydroxylation is 1. The summed E-state index contributed by atoms with van der Waals surface area (Å²) in [7, 11) is 5.93. The topological polar surface area (TPSA) is 48.1 Å². The average Bonchev–Trinajstić information content (AvgIpc) is 2.80. The Bertz CT molecular complexity index is 814. The first-order valence-corrected chi connectivity index (χ1v) is 11.1. The molecule has 2 amide bonds. The number of amides is 2. The van der Waals surface area contributed by atoms with Crippen LogP contribution in [0, 0.1) is 0 Å². The number of hydrogen-bond donors (Lipinski definition) is 1. The Hall–Kier alpha value is -2.57. The van der Waals surface area contributed by atoms with E-state index in [9.17, 15) is 4.79 Å². The van der Waals surface area contributed by atoms with Crippen LogP contribution in [0.25, 0.3) is 0 Å². The van der Waals surface area contributed by atoms with Crippen molar-refractivity contribution in [1.29, 1.82) is 0 Å². The van der Waals surface area contributed by atoms with Gasteiger partial charge in [0.05, 0.1) is 19.3 Å². The summed E-state index contributed by atoms with van der Waals surface area (Å²) >= 11 is 0. The van der Waals surface area contributed by atoms with E-state index in [2.05, 4.69) is 70.6 Å². The highest BCUT2D eigenvalue weighted by molar-refractivity contribution is 5.74. The summed E-state index contributed by atoms with van der Waals surface area (Å²) in [4.78, 5) is 18.9. The van der Waals surface area contributed by atoms with E-state index in [1.165, 1.54) is 16.8 Å². The normalized spacial score (nSPS) is 15.1. The molecule has 0 radical (unpaired) electrons. The lowest BCUT2D eigenvalue weighted by molar-refractivity contribution is 0.122. The van der Waals surface area contributed by atoms with E-state index in [0.717, 1.165) is 38.3 Å². The fraction of sp³-hybridized carbons (Fsp3) is 0.480. The molecule has 1 heterocycles. The second kappa shape index (κ2) is 11.2. The van der Waals surface area contributed by atoms with E-state index in [0.29, 0.717) is 13.1 Å². The van der Waals surface area contributed by atoms with Crippen molar-refractivity contribution in [2.75, 3.05) is 58.9 Å². The molecule has 2 aromatic carbocycles. The summed E-state index contributed by atoms with van der Waals surface area (Å²) in [5.41, 5.74) is 4.87. The molecule has 6 heteroatoms. The number of carbonyl (C=O) groups excluding carboxylic acids is 1. The number of nitrogens with one attached hydrogen (secondary N) is 1. The maximum absolute atomic E-state index is 12.7. The summed E-state index contributed by atoms with van der Waals surface area (Å²) in [6, 6.07) is 17.2. The van der Waals surface area contributed by atoms with Gasteiger partial charge in [0.2, 0.25) is 0 Å². The SMILES string of the molecule is CCc1ccc(C(CNC(=O)N(C)Cc2ccc(N3CCOCC3)cc2)N(C)C)cc1. The minimum atomic E-state index is -0.0608. The van der Waals surface area contributed by atoms with E-state index in [1.54, 1.807) is 4.90 Å². The van der Waals surface area contributed by atoms with Crippen molar-refractivity contribution in [2.24, 2.45) is 0 Å². The molecule has 3 rings (SSSR count). The molecule has 168 valence electrons. The molecule has 1 aliphatic heterocycles. The zero-order valence-corrected chi connectivity index (χ0v) is 19.3. The van der Waals surface area contributed by atoms with Gasteiger partial charge in [0.15, 0.2) is 0 Å². The third-order valence-electron chi connectivity index (χ3n) is 5.92. The minimum Gasteiger partial charge on any atom is -0.378 e. The Morgan fingerprint density at radius 1 is 1.00 bits per heavy atom. The van der Waals surface area contributed by atoms with Crippen molar-refractivity contribution >= 4 is 11.7 Å². The van der Waals surface area contributed by atoms with Gasteiger partial charge in [-0.05, 0) is 49.3 Å². The van der Waals surface area contributed by atoms with Crippen LogP contribution >= 0.6 is 0 Å². The predicted octanol–water partition coefficient (Wildman–Crippen LogP) is 3.53. The van der Waals surface area contributed by atoms with E-state index < -0.39 is 0 Å². The first kappa shape index (κ1) is 23.1.